The monoisotopic (exact) mass is 396 g/mol. The van der Waals surface area contributed by atoms with Gasteiger partial charge < -0.3 is 10.8 Å². The Hall–Kier alpha value is -3.32. The Morgan fingerprint density at radius 3 is 2.29 bits per heavy atom. The van der Waals surface area contributed by atoms with Gasteiger partial charge >= 0.3 is 5.97 Å². The summed E-state index contributed by atoms with van der Waals surface area (Å²) in [6.45, 7) is 3.94. The molecule has 1 aromatic heterocycles. The van der Waals surface area contributed by atoms with Crippen LogP contribution in [0.1, 0.15) is 37.4 Å². The molecule has 0 atom stereocenters. The Balaban J connectivity index is 1.88. The minimum absolute atomic E-state index is 0.137. The zero-order valence-corrected chi connectivity index (χ0v) is 16.0. The van der Waals surface area contributed by atoms with Crippen LogP contribution in [0.3, 0.4) is 0 Å². The summed E-state index contributed by atoms with van der Waals surface area (Å²) in [4.78, 5) is 27.2. The second-order valence-corrected chi connectivity index (χ2v) is 7.04. The highest BCUT2D eigenvalue weighted by Gasteiger charge is 2.14. The molecule has 5 nitrogen and oxygen atoms in total. The quantitative estimate of drug-likeness (QED) is 0.504. The fraction of sp³-hybridized carbons (Fsp3) is 0.0952. The van der Waals surface area contributed by atoms with Gasteiger partial charge in [-0.2, -0.15) is 16.3 Å². The Kier molecular flexibility index (Phi) is 5.37. The van der Waals surface area contributed by atoms with Gasteiger partial charge in [0.1, 0.15) is 11.7 Å². The van der Waals surface area contributed by atoms with Crippen LogP contribution in [0.4, 0.5) is 4.39 Å². The van der Waals surface area contributed by atoms with E-state index in [4.69, 9.17) is 10.8 Å². The predicted octanol–water partition coefficient (Wildman–Crippen LogP) is 4.41. The number of carboxylic acids is 1. The van der Waals surface area contributed by atoms with Crippen molar-refractivity contribution in [3.8, 4) is 11.1 Å². The van der Waals surface area contributed by atoms with Crippen LogP contribution < -0.4 is 5.73 Å². The zero-order valence-electron chi connectivity index (χ0n) is 15.2. The Labute approximate surface area is 165 Å². The SMILES string of the molecule is Cc1cc(C(=O)N=C(N)c2ccc(C(=O)O)c(F)c2)ccc1-c1cscc1C. The second-order valence-electron chi connectivity index (χ2n) is 6.30. The molecule has 0 unspecified atom stereocenters. The van der Waals surface area contributed by atoms with Crippen LogP contribution in [0.25, 0.3) is 11.1 Å². The van der Waals surface area contributed by atoms with E-state index in [-0.39, 0.29) is 11.4 Å². The molecule has 3 N–H and O–H groups in total. The molecule has 1 amide bonds. The summed E-state index contributed by atoms with van der Waals surface area (Å²) < 4.78 is 13.8. The highest BCUT2D eigenvalue weighted by Crippen LogP contribution is 2.30. The summed E-state index contributed by atoms with van der Waals surface area (Å²) in [5, 5.41) is 13.0. The van der Waals surface area contributed by atoms with Gasteiger partial charge in [0.25, 0.3) is 5.91 Å². The maximum Gasteiger partial charge on any atom is 0.338 e. The van der Waals surface area contributed by atoms with Gasteiger partial charge in [-0.05, 0) is 71.1 Å². The highest BCUT2D eigenvalue weighted by molar-refractivity contribution is 7.08. The molecule has 0 aliphatic rings. The van der Waals surface area contributed by atoms with E-state index in [0.29, 0.717) is 5.56 Å². The molecule has 0 saturated heterocycles. The average Bonchev–Trinajstić information content (AvgIpc) is 3.06. The molecule has 142 valence electrons. The largest absolute Gasteiger partial charge is 0.478 e. The number of aromatic carboxylic acids is 1. The van der Waals surface area contributed by atoms with Crippen molar-refractivity contribution in [2.75, 3.05) is 0 Å². The molecule has 3 aromatic rings. The molecule has 0 spiro atoms. The Morgan fingerprint density at radius 2 is 1.71 bits per heavy atom. The van der Waals surface area contributed by atoms with Crippen LogP contribution in [-0.4, -0.2) is 22.8 Å². The van der Waals surface area contributed by atoms with Crippen molar-refractivity contribution < 1.29 is 19.1 Å². The summed E-state index contributed by atoms with van der Waals surface area (Å²) in [5.74, 6) is -3.07. The molecular weight excluding hydrogens is 379 g/mol. The molecule has 2 aromatic carbocycles. The molecule has 0 saturated carbocycles. The molecule has 0 aliphatic carbocycles. The number of nitrogens with zero attached hydrogens (tertiary/aromatic N) is 1. The van der Waals surface area contributed by atoms with Crippen LogP contribution >= 0.6 is 11.3 Å². The van der Waals surface area contributed by atoms with Crippen molar-refractivity contribution in [3.05, 3.63) is 80.8 Å². The van der Waals surface area contributed by atoms with E-state index in [2.05, 4.69) is 15.8 Å². The topological polar surface area (TPSA) is 92.8 Å². The van der Waals surface area contributed by atoms with Crippen molar-refractivity contribution >= 4 is 29.0 Å². The number of thiophene rings is 1. The number of hydrogen-bond donors (Lipinski definition) is 2. The van der Waals surface area contributed by atoms with E-state index in [1.165, 1.54) is 11.6 Å². The molecule has 0 radical (unpaired) electrons. The molecule has 7 heteroatoms. The molecule has 0 bridgehead atoms. The van der Waals surface area contributed by atoms with Gasteiger partial charge in [-0.25, -0.2) is 9.18 Å². The molecular formula is C21H17FN2O3S. The van der Waals surface area contributed by atoms with Gasteiger partial charge in [-0.1, -0.05) is 12.1 Å². The summed E-state index contributed by atoms with van der Waals surface area (Å²) in [7, 11) is 0. The molecule has 0 aliphatic heterocycles. The van der Waals surface area contributed by atoms with E-state index in [1.54, 1.807) is 23.5 Å². The number of amides is 1. The second kappa shape index (κ2) is 7.74. The van der Waals surface area contributed by atoms with Crippen molar-refractivity contribution in [2.24, 2.45) is 10.7 Å². The lowest BCUT2D eigenvalue weighted by atomic mass is 9.98. The maximum atomic E-state index is 13.8. The molecule has 3 rings (SSSR count). The van der Waals surface area contributed by atoms with Gasteiger partial charge in [-0.15, -0.1) is 0 Å². The van der Waals surface area contributed by atoms with Crippen LogP contribution in [-0.2, 0) is 0 Å². The first-order chi connectivity index (χ1) is 13.3. The van der Waals surface area contributed by atoms with E-state index >= 15 is 0 Å². The third kappa shape index (κ3) is 3.84. The predicted molar refractivity (Wildman–Crippen MR) is 108 cm³/mol. The normalized spacial score (nSPS) is 11.5. The van der Waals surface area contributed by atoms with E-state index in [1.807, 2.05) is 19.9 Å². The number of nitrogens with two attached hydrogens (primary N) is 1. The van der Waals surface area contributed by atoms with Crippen molar-refractivity contribution in [1.82, 2.24) is 0 Å². The lowest BCUT2D eigenvalue weighted by Crippen LogP contribution is -2.17. The van der Waals surface area contributed by atoms with E-state index in [0.717, 1.165) is 28.8 Å². The summed E-state index contributed by atoms with van der Waals surface area (Å²) in [6.07, 6.45) is 0. The van der Waals surface area contributed by atoms with Crippen LogP contribution in [0, 0.1) is 19.7 Å². The first kappa shape index (κ1) is 19.4. The first-order valence-corrected chi connectivity index (χ1v) is 9.27. The van der Waals surface area contributed by atoms with Gasteiger partial charge in [0.15, 0.2) is 0 Å². The lowest BCUT2D eigenvalue weighted by Gasteiger charge is -2.08. The molecule has 1 heterocycles. The highest BCUT2D eigenvalue weighted by atomic mass is 32.1. The first-order valence-electron chi connectivity index (χ1n) is 8.33. The number of hydrogen-bond acceptors (Lipinski definition) is 3. The standard InChI is InChI=1S/C21H17FN2O3S/c1-11-7-14(4-5-15(11)17-10-28-9-12(17)2)20(25)24-19(23)13-3-6-16(21(26)27)18(22)8-13/h3-10H,1-2H3,(H,26,27)(H2,23,24,25). The number of rotatable bonds is 4. The summed E-state index contributed by atoms with van der Waals surface area (Å²) in [5.41, 5.74) is 10.1. The van der Waals surface area contributed by atoms with E-state index < -0.39 is 23.3 Å². The third-order valence-electron chi connectivity index (χ3n) is 4.34. The van der Waals surface area contributed by atoms with E-state index in [9.17, 15) is 14.0 Å². The summed E-state index contributed by atoms with van der Waals surface area (Å²) in [6, 6.07) is 8.62. The number of amidine groups is 1. The number of carboxylic acid groups (broad SMARTS) is 1. The number of aryl methyl sites for hydroxylation is 2. The fourth-order valence-corrected chi connectivity index (χ4v) is 3.67. The maximum absolute atomic E-state index is 13.8. The smallest absolute Gasteiger partial charge is 0.338 e. The van der Waals surface area contributed by atoms with Gasteiger partial charge in [0, 0.05) is 11.1 Å². The Bertz CT molecular complexity index is 1120. The zero-order chi connectivity index (χ0) is 20.4. The van der Waals surface area contributed by atoms with Gasteiger partial charge in [0.2, 0.25) is 0 Å². The minimum atomic E-state index is -1.38. The minimum Gasteiger partial charge on any atom is -0.478 e. The van der Waals surface area contributed by atoms with Crippen LogP contribution in [0.15, 0.2) is 52.2 Å². The molecule has 0 fully saturated rings. The van der Waals surface area contributed by atoms with Crippen LogP contribution in [0.5, 0.6) is 0 Å². The van der Waals surface area contributed by atoms with Gasteiger partial charge in [-0.3, -0.25) is 4.79 Å². The van der Waals surface area contributed by atoms with Crippen molar-refractivity contribution in [1.29, 1.82) is 0 Å². The van der Waals surface area contributed by atoms with Crippen molar-refractivity contribution in [3.63, 3.8) is 0 Å². The number of carbonyl (C=O) groups excluding carboxylic acids is 1. The fourth-order valence-electron chi connectivity index (χ4n) is 2.82. The lowest BCUT2D eigenvalue weighted by molar-refractivity contribution is 0.0691. The number of aliphatic imine (C=N–C) groups is 1. The number of carbonyl (C=O) groups is 2. The third-order valence-corrected chi connectivity index (χ3v) is 5.20. The van der Waals surface area contributed by atoms with Gasteiger partial charge in [0.05, 0.1) is 5.56 Å². The van der Waals surface area contributed by atoms with Crippen LogP contribution in [0.2, 0.25) is 0 Å². The average molecular weight is 396 g/mol. The molecule has 28 heavy (non-hydrogen) atoms. The number of halogens is 1. The van der Waals surface area contributed by atoms with Crippen molar-refractivity contribution in [2.45, 2.75) is 13.8 Å². The Morgan fingerprint density at radius 1 is 1.00 bits per heavy atom. The summed E-state index contributed by atoms with van der Waals surface area (Å²) >= 11 is 1.62. The number of benzene rings is 2.